The van der Waals surface area contributed by atoms with Gasteiger partial charge in [-0.1, -0.05) is 0 Å². The van der Waals surface area contributed by atoms with E-state index in [-0.39, 0.29) is 11.8 Å². The molecular weight excluding hydrogens is 358 g/mol. The van der Waals surface area contributed by atoms with Gasteiger partial charge in [-0.3, -0.25) is 9.97 Å². The first-order valence-corrected chi connectivity index (χ1v) is 9.65. The molecule has 2 atom stereocenters. The van der Waals surface area contributed by atoms with E-state index in [9.17, 15) is 0 Å². The number of hydrogen-bond acceptors (Lipinski definition) is 2. The van der Waals surface area contributed by atoms with Crippen LogP contribution in [0.15, 0.2) is 97.8 Å². The number of aromatic nitrogens is 5. The summed E-state index contributed by atoms with van der Waals surface area (Å²) < 4.78 is 0. The Bertz CT molecular complexity index is 1050. The summed E-state index contributed by atoms with van der Waals surface area (Å²) in [6.45, 7) is 0. The van der Waals surface area contributed by atoms with Crippen molar-refractivity contribution in [3.05, 3.63) is 132 Å². The first-order valence-electron chi connectivity index (χ1n) is 9.65. The first kappa shape index (κ1) is 17.3. The van der Waals surface area contributed by atoms with Gasteiger partial charge in [0.25, 0.3) is 0 Å². The third kappa shape index (κ3) is 3.38. The van der Waals surface area contributed by atoms with Crippen molar-refractivity contribution in [2.75, 3.05) is 0 Å². The molecule has 0 aliphatic rings. The Labute approximate surface area is 168 Å². The largest absolute Gasteiger partial charge is 0.364 e. The van der Waals surface area contributed by atoms with Gasteiger partial charge in [-0.15, -0.1) is 0 Å². The van der Waals surface area contributed by atoms with Crippen LogP contribution >= 0.6 is 0 Å². The Morgan fingerprint density at radius 3 is 1.34 bits per heavy atom. The van der Waals surface area contributed by atoms with Gasteiger partial charge in [0.2, 0.25) is 0 Å². The van der Waals surface area contributed by atoms with E-state index in [1.54, 1.807) is 0 Å². The van der Waals surface area contributed by atoms with Crippen LogP contribution in [-0.2, 0) is 0 Å². The Morgan fingerprint density at radius 2 is 0.966 bits per heavy atom. The summed E-state index contributed by atoms with van der Waals surface area (Å²) in [6.07, 6.45) is 11.3. The number of nitrogens with zero attached hydrogens (tertiary/aromatic N) is 2. The normalized spacial score (nSPS) is 13.2. The second-order valence-corrected chi connectivity index (χ2v) is 7.05. The van der Waals surface area contributed by atoms with E-state index in [0.29, 0.717) is 0 Å². The topological polar surface area (TPSA) is 73.2 Å². The maximum atomic E-state index is 4.18. The molecule has 0 aromatic carbocycles. The SMILES string of the molecule is c1c[nH]c(C(c2ccncc2)c2ccc(C(c3ccncc3)c3ccc[nH]3)[nH]2)c1. The Morgan fingerprint density at radius 1 is 0.517 bits per heavy atom. The van der Waals surface area contributed by atoms with Gasteiger partial charge in [-0.05, 0) is 71.8 Å². The van der Waals surface area contributed by atoms with E-state index in [4.69, 9.17) is 0 Å². The van der Waals surface area contributed by atoms with E-state index in [1.165, 1.54) is 11.1 Å². The molecule has 3 N–H and O–H groups in total. The number of nitrogens with one attached hydrogen (secondary N) is 3. The van der Waals surface area contributed by atoms with Crippen molar-refractivity contribution in [2.45, 2.75) is 11.8 Å². The molecule has 0 bridgehead atoms. The van der Waals surface area contributed by atoms with Crippen molar-refractivity contribution >= 4 is 0 Å². The molecular formula is C24H21N5. The summed E-state index contributed by atoms with van der Waals surface area (Å²) in [4.78, 5) is 18.8. The molecule has 5 aromatic rings. The Hall–Kier alpha value is -3.86. The van der Waals surface area contributed by atoms with Gasteiger partial charge < -0.3 is 15.0 Å². The molecule has 0 aliphatic heterocycles. The van der Waals surface area contributed by atoms with Crippen LogP contribution in [0.1, 0.15) is 45.7 Å². The van der Waals surface area contributed by atoms with Crippen molar-refractivity contribution in [1.82, 2.24) is 24.9 Å². The zero-order valence-corrected chi connectivity index (χ0v) is 15.8. The van der Waals surface area contributed by atoms with Crippen LogP contribution in [0.2, 0.25) is 0 Å². The molecule has 0 saturated heterocycles. The predicted molar refractivity (Wildman–Crippen MR) is 113 cm³/mol. The van der Waals surface area contributed by atoms with Gasteiger partial charge >= 0.3 is 0 Å². The molecule has 5 rings (SSSR count). The molecule has 0 fully saturated rings. The summed E-state index contributed by atoms with van der Waals surface area (Å²) in [7, 11) is 0. The Kier molecular flexibility index (Phi) is 4.54. The van der Waals surface area contributed by atoms with Gasteiger partial charge in [0.1, 0.15) is 0 Å². The van der Waals surface area contributed by atoms with Crippen molar-refractivity contribution in [2.24, 2.45) is 0 Å². The first-order chi connectivity index (χ1) is 14.4. The molecule has 0 radical (unpaired) electrons. The second-order valence-electron chi connectivity index (χ2n) is 7.05. The quantitative estimate of drug-likeness (QED) is 0.396. The summed E-state index contributed by atoms with van der Waals surface area (Å²) in [5.41, 5.74) is 6.95. The molecule has 0 aliphatic carbocycles. The fourth-order valence-corrected chi connectivity index (χ4v) is 3.98. The molecule has 5 heterocycles. The zero-order valence-electron chi connectivity index (χ0n) is 15.8. The average molecular weight is 379 g/mol. The number of hydrogen-bond donors (Lipinski definition) is 3. The summed E-state index contributed by atoms with van der Waals surface area (Å²) in [6, 6.07) is 20.9. The van der Waals surface area contributed by atoms with E-state index >= 15 is 0 Å². The molecule has 142 valence electrons. The minimum atomic E-state index is 0.0866. The number of rotatable bonds is 6. The van der Waals surface area contributed by atoms with Crippen molar-refractivity contribution in [3.63, 3.8) is 0 Å². The zero-order chi connectivity index (χ0) is 19.5. The van der Waals surface area contributed by atoms with Crippen LogP contribution < -0.4 is 0 Å². The summed E-state index contributed by atoms with van der Waals surface area (Å²) >= 11 is 0. The van der Waals surface area contributed by atoms with Crippen LogP contribution in [0, 0.1) is 0 Å². The highest BCUT2D eigenvalue weighted by Crippen LogP contribution is 2.34. The lowest BCUT2D eigenvalue weighted by molar-refractivity contribution is 0.849. The third-order valence-electron chi connectivity index (χ3n) is 5.30. The average Bonchev–Trinajstić information content (AvgIpc) is 3.54. The molecule has 5 aromatic heterocycles. The standard InChI is InChI=1S/C24H21N5/c1-3-19(27-11-1)23(17-7-13-25-14-8-17)21-5-6-22(29-21)24(20-4-2-12-28-20)18-9-15-26-16-10-18/h1-16,23-24,27-29H. The maximum Gasteiger partial charge on any atom is 0.0642 e. The Balaban J connectivity index is 1.59. The number of pyridine rings is 2. The third-order valence-corrected chi connectivity index (χ3v) is 5.30. The molecule has 2 unspecified atom stereocenters. The van der Waals surface area contributed by atoms with Gasteiger partial charge in [-0.2, -0.15) is 0 Å². The van der Waals surface area contributed by atoms with Crippen molar-refractivity contribution in [1.29, 1.82) is 0 Å². The van der Waals surface area contributed by atoms with Crippen molar-refractivity contribution in [3.8, 4) is 0 Å². The van der Waals surface area contributed by atoms with Crippen LogP contribution in [-0.4, -0.2) is 24.9 Å². The molecule has 0 spiro atoms. The maximum absolute atomic E-state index is 4.18. The van der Waals surface area contributed by atoms with Gasteiger partial charge in [-0.25, -0.2) is 0 Å². The molecule has 5 heteroatoms. The number of H-pyrrole nitrogens is 3. The number of aromatic amines is 3. The molecule has 0 amide bonds. The van der Waals surface area contributed by atoms with Crippen LogP contribution in [0.4, 0.5) is 0 Å². The van der Waals surface area contributed by atoms with Crippen LogP contribution in [0.5, 0.6) is 0 Å². The van der Waals surface area contributed by atoms with E-state index in [1.807, 2.05) is 49.3 Å². The summed E-state index contributed by atoms with van der Waals surface area (Å²) in [5.74, 6) is 0.173. The lowest BCUT2D eigenvalue weighted by atomic mass is 9.93. The van der Waals surface area contributed by atoms with E-state index in [2.05, 4.69) is 73.5 Å². The minimum absolute atomic E-state index is 0.0866. The van der Waals surface area contributed by atoms with Gasteiger partial charge in [0.15, 0.2) is 0 Å². The lowest BCUT2D eigenvalue weighted by Crippen LogP contribution is -2.07. The second kappa shape index (κ2) is 7.64. The highest BCUT2D eigenvalue weighted by Gasteiger charge is 2.23. The van der Waals surface area contributed by atoms with E-state index in [0.717, 1.165) is 22.8 Å². The van der Waals surface area contributed by atoms with E-state index < -0.39 is 0 Å². The molecule has 29 heavy (non-hydrogen) atoms. The monoisotopic (exact) mass is 379 g/mol. The summed E-state index contributed by atoms with van der Waals surface area (Å²) in [5, 5.41) is 0. The highest BCUT2D eigenvalue weighted by atomic mass is 14.8. The predicted octanol–water partition coefficient (Wildman–Crippen LogP) is 4.82. The van der Waals surface area contributed by atoms with Crippen LogP contribution in [0.3, 0.4) is 0 Å². The smallest absolute Gasteiger partial charge is 0.0642 e. The van der Waals surface area contributed by atoms with Crippen molar-refractivity contribution < 1.29 is 0 Å². The highest BCUT2D eigenvalue weighted by molar-refractivity contribution is 5.42. The van der Waals surface area contributed by atoms with Gasteiger partial charge in [0.05, 0.1) is 11.8 Å². The van der Waals surface area contributed by atoms with Crippen LogP contribution in [0.25, 0.3) is 0 Å². The molecule has 5 nitrogen and oxygen atoms in total. The fourth-order valence-electron chi connectivity index (χ4n) is 3.98. The molecule has 0 saturated carbocycles. The fraction of sp³-hybridized carbons (Fsp3) is 0.0833. The van der Waals surface area contributed by atoms with Gasteiger partial charge in [0, 0.05) is 60.0 Å². The minimum Gasteiger partial charge on any atom is -0.364 e. The lowest BCUT2D eigenvalue weighted by Gasteiger charge is -2.17.